The van der Waals surface area contributed by atoms with Crippen molar-refractivity contribution < 1.29 is 14.7 Å². The number of carboxylic acids is 1. The second kappa shape index (κ2) is 4.22. The minimum Gasteiger partial charge on any atom is -0.481 e. The Labute approximate surface area is 108 Å². The molecule has 18 heavy (non-hydrogen) atoms. The molecule has 2 aliphatic carbocycles. The maximum atomic E-state index is 11.6. The number of rotatable bonds is 2. The highest BCUT2D eigenvalue weighted by molar-refractivity contribution is 5.87. The smallest absolute Gasteiger partial charge is 0.311 e. The summed E-state index contributed by atoms with van der Waals surface area (Å²) >= 11 is 0. The van der Waals surface area contributed by atoms with Crippen LogP contribution in [0.25, 0.3) is 0 Å². The van der Waals surface area contributed by atoms with E-state index in [0.29, 0.717) is 11.5 Å². The summed E-state index contributed by atoms with van der Waals surface area (Å²) in [5.41, 5.74) is 0.350. The zero-order chi connectivity index (χ0) is 13.6. The molecule has 1 N–H and O–H groups in total. The van der Waals surface area contributed by atoms with Gasteiger partial charge in [-0.15, -0.1) is 0 Å². The third kappa shape index (κ3) is 1.80. The summed E-state index contributed by atoms with van der Waals surface area (Å²) in [4.78, 5) is 22.7. The van der Waals surface area contributed by atoms with E-state index in [1.807, 2.05) is 6.08 Å². The van der Waals surface area contributed by atoms with Crippen LogP contribution in [-0.4, -0.2) is 17.4 Å². The van der Waals surface area contributed by atoms with Gasteiger partial charge in [-0.05, 0) is 36.0 Å². The first-order valence-electron chi connectivity index (χ1n) is 6.71. The van der Waals surface area contributed by atoms with Crippen molar-refractivity contribution >= 4 is 12.3 Å². The number of carbonyl (C=O) groups is 2. The normalized spacial score (nSPS) is 38.5. The largest absolute Gasteiger partial charge is 0.481 e. The molecule has 2 rings (SSSR count). The van der Waals surface area contributed by atoms with E-state index in [9.17, 15) is 14.7 Å². The van der Waals surface area contributed by atoms with E-state index in [4.69, 9.17) is 0 Å². The zero-order valence-corrected chi connectivity index (χ0v) is 11.4. The highest BCUT2D eigenvalue weighted by Gasteiger charge is 2.54. The van der Waals surface area contributed by atoms with Crippen LogP contribution >= 0.6 is 0 Å². The van der Waals surface area contributed by atoms with Crippen LogP contribution < -0.4 is 0 Å². The Morgan fingerprint density at radius 1 is 1.39 bits per heavy atom. The van der Waals surface area contributed by atoms with Crippen molar-refractivity contribution in [1.82, 2.24) is 0 Å². The molecule has 0 aromatic heterocycles. The molecular weight excluding hydrogens is 228 g/mol. The Morgan fingerprint density at radius 2 is 2.06 bits per heavy atom. The first kappa shape index (κ1) is 13.3. The summed E-state index contributed by atoms with van der Waals surface area (Å²) in [6.45, 7) is 6.52. The molecule has 0 amide bonds. The summed E-state index contributed by atoms with van der Waals surface area (Å²) in [5, 5.41) is 9.51. The topological polar surface area (TPSA) is 54.4 Å². The molecule has 3 atom stereocenters. The molecule has 0 aliphatic heterocycles. The number of hydrogen-bond acceptors (Lipinski definition) is 2. The molecule has 3 heteroatoms. The monoisotopic (exact) mass is 250 g/mol. The van der Waals surface area contributed by atoms with Crippen LogP contribution in [0.1, 0.15) is 46.5 Å². The maximum absolute atomic E-state index is 11.6. The van der Waals surface area contributed by atoms with Gasteiger partial charge in [0.1, 0.15) is 6.29 Å². The molecule has 1 fully saturated rings. The number of carboxylic acid groups (broad SMARTS) is 1. The minimum atomic E-state index is -0.849. The zero-order valence-electron chi connectivity index (χ0n) is 11.4. The fraction of sp³-hybridized carbons (Fsp3) is 0.733. The van der Waals surface area contributed by atoms with Gasteiger partial charge in [-0.1, -0.05) is 33.3 Å². The average molecular weight is 250 g/mol. The Kier molecular flexibility index (Phi) is 3.12. The van der Waals surface area contributed by atoms with Gasteiger partial charge in [0.2, 0.25) is 0 Å². The quantitative estimate of drug-likeness (QED) is 0.766. The van der Waals surface area contributed by atoms with E-state index in [1.165, 1.54) is 0 Å². The standard InChI is InChI=1S/C15H22O3/c1-14(2)7-4-8-15(3)11(14)6-5-10(9-16)12(15)13(17)18/h5,9,11-12H,4,6-8H2,1-3H3,(H,17,18)/t11-,12+,15-/m0/s1. The molecule has 0 unspecified atom stereocenters. The molecule has 2 aliphatic rings. The van der Waals surface area contributed by atoms with Crippen LogP contribution in [0.15, 0.2) is 11.6 Å². The van der Waals surface area contributed by atoms with Gasteiger partial charge >= 0.3 is 5.97 Å². The van der Waals surface area contributed by atoms with Gasteiger partial charge in [-0.25, -0.2) is 0 Å². The maximum Gasteiger partial charge on any atom is 0.311 e. The molecular formula is C15H22O3. The number of aldehydes is 1. The number of carbonyl (C=O) groups excluding carboxylic acids is 1. The highest BCUT2D eigenvalue weighted by atomic mass is 16.4. The average Bonchev–Trinajstić information content (AvgIpc) is 2.25. The van der Waals surface area contributed by atoms with Crippen molar-refractivity contribution in [1.29, 1.82) is 0 Å². The van der Waals surface area contributed by atoms with Crippen molar-refractivity contribution in [2.75, 3.05) is 0 Å². The summed E-state index contributed by atoms with van der Waals surface area (Å²) in [6, 6.07) is 0. The summed E-state index contributed by atoms with van der Waals surface area (Å²) in [6.07, 6.45) is 6.53. The Hall–Kier alpha value is -1.12. The van der Waals surface area contributed by atoms with Gasteiger partial charge in [-0.3, -0.25) is 9.59 Å². The van der Waals surface area contributed by atoms with E-state index in [0.717, 1.165) is 32.0 Å². The van der Waals surface area contributed by atoms with Crippen LogP contribution in [0.5, 0.6) is 0 Å². The number of hydrogen-bond donors (Lipinski definition) is 1. The van der Waals surface area contributed by atoms with Crippen LogP contribution in [0.2, 0.25) is 0 Å². The van der Waals surface area contributed by atoms with E-state index in [2.05, 4.69) is 20.8 Å². The molecule has 0 spiro atoms. The third-order valence-electron chi connectivity index (χ3n) is 5.24. The van der Waals surface area contributed by atoms with Crippen LogP contribution in [0.4, 0.5) is 0 Å². The first-order valence-corrected chi connectivity index (χ1v) is 6.71. The molecule has 3 nitrogen and oxygen atoms in total. The fourth-order valence-corrected chi connectivity index (χ4v) is 4.39. The lowest BCUT2D eigenvalue weighted by Crippen LogP contribution is -2.51. The fourth-order valence-electron chi connectivity index (χ4n) is 4.39. The van der Waals surface area contributed by atoms with Gasteiger partial charge in [-0.2, -0.15) is 0 Å². The number of fused-ring (bicyclic) bond motifs is 1. The Bertz CT molecular complexity index is 408. The number of allylic oxidation sites excluding steroid dienone is 1. The first-order chi connectivity index (χ1) is 8.33. The third-order valence-corrected chi connectivity index (χ3v) is 5.24. The summed E-state index contributed by atoms with van der Waals surface area (Å²) in [7, 11) is 0. The second-order valence-electron chi connectivity index (χ2n) is 6.73. The molecule has 0 heterocycles. The van der Waals surface area contributed by atoms with Gasteiger partial charge in [0.25, 0.3) is 0 Å². The lowest BCUT2D eigenvalue weighted by Gasteiger charge is -2.55. The molecule has 0 aromatic rings. The van der Waals surface area contributed by atoms with Gasteiger partial charge in [0.15, 0.2) is 0 Å². The predicted octanol–water partition coefficient (Wildman–Crippen LogP) is 3.05. The molecule has 0 bridgehead atoms. The SMILES string of the molecule is CC1(C)CCC[C@]2(C)[C@@H](C(=O)O)C(C=O)=CC[C@@H]12. The van der Waals surface area contributed by atoms with Crippen molar-refractivity contribution in [3.8, 4) is 0 Å². The predicted molar refractivity (Wildman–Crippen MR) is 69.1 cm³/mol. The lowest BCUT2D eigenvalue weighted by atomic mass is 9.48. The van der Waals surface area contributed by atoms with Crippen molar-refractivity contribution in [2.45, 2.75) is 46.5 Å². The van der Waals surface area contributed by atoms with Gasteiger partial charge in [0, 0.05) is 5.57 Å². The van der Waals surface area contributed by atoms with Crippen LogP contribution in [-0.2, 0) is 9.59 Å². The van der Waals surface area contributed by atoms with Gasteiger partial charge < -0.3 is 5.11 Å². The lowest BCUT2D eigenvalue weighted by molar-refractivity contribution is -0.151. The van der Waals surface area contributed by atoms with Crippen molar-refractivity contribution in [3.63, 3.8) is 0 Å². The van der Waals surface area contributed by atoms with Crippen molar-refractivity contribution in [3.05, 3.63) is 11.6 Å². The van der Waals surface area contributed by atoms with Crippen LogP contribution in [0.3, 0.4) is 0 Å². The summed E-state index contributed by atoms with van der Waals surface area (Å²) < 4.78 is 0. The molecule has 100 valence electrons. The molecule has 0 aromatic carbocycles. The highest BCUT2D eigenvalue weighted by Crippen LogP contribution is 2.59. The Balaban J connectivity index is 2.49. The van der Waals surface area contributed by atoms with E-state index in [1.54, 1.807) is 0 Å². The van der Waals surface area contributed by atoms with Gasteiger partial charge in [0.05, 0.1) is 5.92 Å². The van der Waals surface area contributed by atoms with E-state index in [-0.39, 0.29) is 10.8 Å². The van der Waals surface area contributed by atoms with E-state index >= 15 is 0 Å². The van der Waals surface area contributed by atoms with Crippen molar-refractivity contribution in [2.24, 2.45) is 22.7 Å². The minimum absolute atomic E-state index is 0.158. The second-order valence-corrected chi connectivity index (χ2v) is 6.73. The number of aliphatic carboxylic acids is 1. The summed E-state index contributed by atoms with van der Waals surface area (Å²) in [5.74, 6) is -1.13. The molecule has 0 saturated heterocycles. The van der Waals surface area contributed by atoms with Crippen LogP contribution in [0, 0.1) is 22.7 Å². The Morgan fingerprint density at radius 3 is 2.61 bits per heavy atom. The van der Waals surface area contributed by atoms with E-state index < -0.39 is 11.9 Å². The molecule has 1 saturated carbocycles. The molecule has 0 radical (unpaired) electrons.